The maximum atomic E-state index is 2.40. The van der Waals surface area contributed by atoms with E-state index in [2.05, 4.69) is 121 Å². The van der Waals surface area contributed by atoms with E-state index in [-0.39, 0.29) is 10.8 Å². The van der Waals surface area contributed by atoms with Crippen LogP contribution in [0.3, 0.4) is 0 Å². The van der Waals surface area contributed by atoms with Crippen LogP contribution in [0.15, 0.2) is 72.8 Å². The first-order chi connectivity index (χ1) is 14.1. The van der Waals surface area contributed by atoms with Crippen molar-refractivity contribution in [2.45, 2.75) is 54.4 Å². The van der Waals surface area contributed by atoms with Gasteiger partial charge in [0.05, 0.1) is 0 Å². The Morgan fingerprint density at radius 1 is 0.567 bits per heavy atom. The standard InChI is InChI=1S/C30H34/c1-20-18-21-12-8-9-13-22(21)27(19-20)25-16-17-26(24-15-11-10-14-23(24)25)28(29(2,3)4)30(5,6)7/h8-19,28H,1-7H3. The van der Waals surface area contributed by atoms with Crippen LogP contribution >= 0.6 is 0 Å². The Bertz CT molecular complexity index is 1200. The zero-order chi connectivity index (χ0) is 21.7. The highest BCUT2D eigenvalue weighted by molar-refractivity contribution is 6.06. The first-order valence-electron chi connectivity index (χ1n) is 11.1. The van der Waals surface area contributed by atoms with E-state index >= 15 is 0 Å². The number of aryl methyl sites for hydroxylation is 1. The van der Waals surface area contributed by atoms with Gasteiger partial charge in [0.1, 0.15) is 0 Å². The van der Waals surface area contributed by atoms with E-state index in [9.17, 15) is 0 Å². The number of fused-ring (bicyclic) bond motifs is 2. The first kappa shape index (κ1) is 20.7. The van der Waals surface area contributed by atoms with Crippen molar-refractivity contribution in [2.24, 2.45) is 10.8 Å². The number of rotatable bonds is 2. The van der Waals surface area contributed by atoms with Gasteiger partial charge in [0.15, 0.2) is 0 Å². The van der Waals surface area contributed by atoms with E-state index < -0.39 is 0 Å². The largest absolute Gasteiger partial charge is 0.0616 e. The average Bonchev–Trinajstić information content (AvgIpc) is 2.65. The van der Waals surface area contributed by atoms with Gasteiger partial charge in [-0.1, -0.05) is 114 Å². The Kier molecular flexibility index (Phi) is 5.01. The molecule has 0 aromatic heterocycles. The third-order valence-corrected chi connectivity index (χ3v) is 6.30. The van der Waals surface area contributed by atoms with Gasteiger partial charge in [0, 0.05) is 0 Å². The van der Waals surface area contributed by atoms with Gasteiger partial charge < -0.3 is 0 Å². The summed E-state index contributed by atoms with van der Waals surface area (Å²) in [5.41, 5.74) is 5.79. The third-order valence-electron chi connectivity index (χ3n) is 6.30. The molecule has 0 aliphatic rings. The molecule has 0 radical (unpaired) electrons. The summed E-state index contributed by atoms with van der Waals surface area (Å²) in [7, 11) is 0. The molecule has 0 bridgehead atoms. The van der Waals surface area contributed by atoms with Gasteiger partial charge in [-0.2, -0.15) is 0 Å². The van der Waals surface area contributed by atoms with Gasteiger partial charge in [0.2, 0.25) is 0 Å². The molecule has 0 aliphatic carbocycles. The summed E-state index contributed by atoms with van der Waals surface area (Å²) in [6, 6.07) is 27.1. The Morgan fingerprint density at radius 3 is 1.77 bits per heavy atom. The van der Waals surface area contributed by atoms with Crippen LogP contribution in [0, 0.1) is 17.8 Å². The molecule has 0 N–H and O–H groups in total. The predicted molar refractivity (Wildman–Crippen MR) is 133 cm³/mol. The second-order valence-corrected chi connectivity index (χ2v) is 10.9. The Balaban J connectivity index is 2.05. The molecular weight excluding hydrogens is 360 g/mol. The van der Waals surface area contributed by atoms with Crippen LogP contribution in [0.25, 0.3) is 32.7 Å². The van der Waals surface area contributed by atoms with Gasteiger partial charge >= 0.3 is 0 Å². The second kappa shape index (κ2) is 7.27. The SMILES string of the molecule is Cc1cc(-c2ccc(C(C(C)(C)C)C(C)(C)C)c3ccccc23)c2ccccc2c1. The quantitative estimate of drug-likeness (QED) is 0.318. The molecule has 0 heteroatoms. The number of benzene rings is 4. The highest BCUT2D eigenvalue weighted by Crippen LogP contribution is 2.50. The molecule has 0 unspecified atom stereocenters. The van der Waals surface area contributed by atoms with Crippen LogP contribution in [-0.2, 0) is 0 Å². The normalized spacial score (nSPS) is 12.8. The molecule has 30 heavy (non-hydrogen) atoms. The highest BCUT2D eigenvalue weighted by atomic mass is 14.4. The van der Waals surface area contributed by atoms with Gasteiger partial charge in [-0.25, -0.2) is 0 Å². The van der Waals surface area contributed by atoms with Crippen molar-refractivity contribution in [1.29, 1.82) is 0 Å². The smallest absolute Gasteiger partial charge is 0.00584 e. The Morgan fingerprint density at radius 2 is 1.13 bits per heavy atom. The zero-order valence-corrected chi connectivity index (χ0v) is 19.5. The van der Waals surface area contributed by atoms with Crippen LogP contribution in [-0.4, -0.2) is 0 Å². The summed E-state index contributed by atoms with van der Waals surface area (Å²) < 4.78 is 0. The van der Waals surface area contributed by atoms with Crippen molar-refractivity contribution < 1.29 is 0 Å². The zero-order valence-electron chi connectivity index (χ0n) is 19.5. The lowest BCUT2D eigenvalue weighted by atomic mass is 9.63. The topological polar surface area (TPSA) is 0 Å². The van der Waals surface area contributed by atoms with Crippen molar-refractivity contribution in [3.8, 4) is 11.1 Å². The molecule has 0 saturated heterocycles. The minimum absolute atomic E-state index is 0.179. The second-order valence-electron chi connectivity index (χ2n) is 10.9. The molecule has 4 rings (SSSR count). The molecule has 4 aromatic rings. The number of hydrogen-bond donors (Lipinski definition) is 0. The minimum Gasteiger partial charge on any atom is -0.0616 e. The fourth-order valence-electron chi connectivity index (χ4n) is 5.72. The van der Waals surface area contributed by atoms with E-state index in [0.29, 0.717) is 5.92 Å². The molecule has 0 heterocycles. The summed E-state index contributed by atoms with van der Waals surface area (Å²) >= 11 is 0. The molecule has 0 nitrogen and oxygen atoms in total. The highest BCUT2D eigenvalue weighted by Gasteiger charge is 2.37. The first-order valence-corrected chi connectivity index (χ1v) is 11.1. The number of hydrogen-bond acceptors (Lipinski definition) is 0. The molecule has 0 aliphatic heterocycles. The third kappa shape index (κ3) is 3.65. The maximum Gasteiger partial charge on any atom is -0.00584 e. The van der Waals surface area contributed by atoms with Gasteiger partial charge in [-0.3, -0.25) is 0 Å². The van der Waals surface area contributed by atoms with Crippen molar-refractivity contribution in [2.75, 3.05) is 0 Å². The van der Waals surface area contributed by atoms with E-state index in [0.717, 1.165) is 0 Å². The van der Waals surface area contributed by atoms with Gasteiger partial charge in [0.25, 0.3) is 0 Å². The molecule has 4 aromatic carbocycles. The summed E-state index contributed by atoms with van der Waals surface area (Å²) in [6.07, 6.45) is 0. The summed E-state index contributed by atoms with van der Waals surface area (Å²) in [6.45, 7) is 16.4. The lowest BCUT2D eigenvalue weighted by molar-refractivity contribution is 0.177. The molecule has 0 fully saturated rings. The maximum absolute atomic E-state index is 2.40. The Hall–Kier alpha value is -2.60. The molecule has 0 atom stereocenters. The van der Waals surface area contributed by atoms with Crippen molar-refractivity contribution >= 4 is 21.5 Å². The van der Waals surface area contributed by atoms with E-state index in [1.54, 1.807) is 0 Å². The average molecular weight is 395 g/mol. The summed E-state index contributed by atoms with van der Waals surface area (Å²) in [4.78, 5) is 0. The van der Waals surface area contributed by atoms with Crippen LogP contribution in [0.5, 0.6) is 0 Å². The minimum atomic E-state index is 0.179. The Labute approximate surface area is 182 Å². The van der Waals surface area contributed by atoms with Gasteiger partial charge in [-0.15, -0.1) is 0 Å². The molecular formula is C30H34. The molecule has 0 saturated carbocycles. The monoisotopic (exact) mass is 394 g/mol. The molecule has 0 spiro atoms. The van der Waals surface area contributed by atoms with Crippen LogP contribution in [0.2, 0.25) is 0 Å². The van der Waals surface area contributed by atoms with Crippen molar-refractivity contribution in [1.82, 2.24) is 0 Å². The van der Waals surface area contributed by atoms with E-state index in [1.165, 1.54) is 43.8 Å². The fourth-order valence-corrected chi connectivity index (χ4v) is 5.72. The van der Waals surface area contributed by atoms with Crippen molar-refractivity contribution in [3.63, 3.8) is 0 Å². The van der Waals surface area contributed by atoms with Gasteiger partial charge in [-0.05, 0) is 67.5 Å². The molecule has 0 amide bonds. The van der Waals surface area contributed by atoms with E-state index in [4.69, 9.17) is 0 Å². The lowest BCUT2D eigenvalue weighted by Crippen LogP contribution is -2.30. The summed E-state index contributed by atoms with van der Waals surface area (Å²) in [5.74, 6) is 0.457. The predicted octanol–water partition coefficient (Wildman–Crippen LogP) is 9.14. The fraction of sp³-hybridized carbons (Fsp3) is 0.333. The van der Waals surface area contributed by atoms with E-state index in [1.807, 2.05) is 0 Å². The van der Waals surface area contributed by atoms with Crippen molar-refractivity contribution in [3.05, 3.63) is 83.9 Å². The van der Waals surface area contributed by atoms with Crippen LogP contribution < -0.4 is 0 Å². The lowest BCUT2D eigenvalue weighted by Gasteiger charge is -2.42. The summed E-state index contributed by atoms with van der Waals surface area (Å²) in [5, 5.41) is 5.37. The van der Waals surface area contributed by atoms with Crippen LogP contribution in [0.4, 0.5) is 0 Å². The molecule has 154 valence electrons. The van der Waals surface area contributed by atoms with Crippen LogP contribution in [0.1, 0.15) is 58.6 Å².